The highest BCUT2D eigenvalue weighted by atomic mass is 35.5. The summed E-state index contributed by atoms with van der Waals surface area (Å²) in [6.07, 6.45) is 6.10. The van der Waals surface area contributed by atoms with E-state index in [9.17, 15) is 9.18 Å². The summed E-state index contributed by atoms with van der Waals surface area (Å²) in [5, 5.41) is 0. The number of aromatic nitrogens is 1. The monoisotopic (exact) mass is 467 g/mol. The SMILES string of the molecule is CC(C)N1CCC(c2ccc(-c3ccc(C(=O)N4CCCC4)c(F)c3)cn2)CC1.Cl.Cl. The Morgan fingerprint density at radius 3 is 2.19 bits per heavy atom. The number of nitrogens with zero attached hydrogens (tertiary/aromatic N) is 3. The second kappa shape index (κ2) is 11.3. The van der Waals surface area contributed by atoms with E-state index < -0.39 is 5.82 Å². The lowest BCUT2D eigenvalue weighted by atomic mass is 9.92. The molecule has 0 saturated carbocycles. The summed E-state index contributed by atoms with van der Waals surface area (Å²) in [4.78, 5) is 21.4. The van der Waals surface area contributed by atoms with Crippen LogP contribution < -0.4 is 0 Å². The maximum absolute atomic E-state index is 14.6. The molecule has 0 N–H and O–H groups in total. The minimum atomic E-state index is -0.454. The van der Waals surface area contributed by atoms with Gasteiger partial charge in [-0.1, -0.05) is 12.1 Å². The van der Waals surface area contributed by atoms with E-state index in [1.165, 1.54) is 6.07 Å². The van der Waals surface area contributed by atoms with Crippen molar-refractivity contribution in [3.05, 3.63) is 53.6 Å². The predicted octanol–water partition coefficient (Wildman–Crippen LogP) is 5.56. The molecule has 0 radical (unpaired) electrons. The molecule has 1 amide bonds. The van der Waals surface area contributed by atoms with Gasteiger partial charge in [0, 0.05) is 42.5 Å². The number of pyridine rings is 1. The van der Waals surface area contributed by atoms with E-state index in [1.54, 1.807) is 11.0 Å². The molecule has 7 heteroatoms. The summed E-state index contributed by atoms with van der Waals surface area (Å²) in [5.74, 6) is -0.159. The fourth-order valence-corrected chi connectivity index (χ4v) is 4.49. The molecule has 2 saturated heterocycles. The van der Waals surface area contributed by atoms with E-state index in [0.29, 0.717) is 12.0 Å². The fourth-order valence-electron chi connectivity index (χ4n) is 4.49. The van der Waals surface area contributed by atoms with Crippen LogP contribution in [0.5, 0.6) is 0 Å². The molecule has 2 aromatic rings. The van der Waals surface area contributed by atoms with E-state index >= 15 is 0 Å². The number of hydrogen-bond acceptors (Lipinski definition) is 3. The normalized spacial score (nSPS) is 17.4. The van der Waals surface area contributed by atoms with Gasteiger partial charge in [0.2, 0.25) is 0 Å². The Balaban J connectivity index is 0.00000171. The molecule has 4 nitrogen and oxygen atoms in total. The minimum absolute atomic E-state index is 0. The number of benzene rings is 1. The average Bonchev–Trinajstić information content (AvgIpc) is 3.28. The van der Waals surface area contributed by atoms with Crippen LogP contribution in [0.2, 0.25) is 0 Å². The molecule has 0 unspecified atom stereocenters. The lowest BCUT2D eigenvalue weighted by Gasteiger charge is -2.34. The van der Waals surface area contributed by atoms with Crippen molar-refractivity contribution in [2.24, 2.45) is 0 Å². The molecule has 4 rings (SSSR count). The van der Waals surface area contributed by atoms with Crippen LogP contribution in [0.25, 0.3) is 11.1 Å². The largest absolute Gasteiger partial charge is 0.339 e. The van der Waals surface area contributed by atoms with Crippen LogP contribution in [-0.2, 0) is 0 Å². The summed E-state index contributed by atoms with van der Waals surface area (Å²) in [6, 6.07) is 9.59. The summed E-state index contributed by atoms with van der Waals surface area (Å²) in [5.41, 5.74) is 2.93. The van der Waals surface area contributed by atoms with Crippen molar-refractivity contribution in [3.63, 3.8) is 0 Å². The maximum atomic E-state index is 14.6. The maximum Gasteiger partial charge on any atom is 0.256 e. The molecular weight excluding hydrogens is 436 g/mol. The van der Waals surface area contributed by atoms with Crippen molar-refractivity contribution in [1.82, 2.24) is 14.8 Å². The van der Waals surface area contributed by atoms with Crippen LogP contribution in [0, 0.1) is 5.82 Å². The van der Waals surface area contributed by atoms with Crippen LogP contribution >= 0.6 is 24.8 Å². The number of carbonyl (C=O) groups excluding carboxylic acids is 1. The Kier molecular flexibility index (Phi) is 9.28. The van der Waals surface area contributed by atoms with Gasteiger partial charge in [0.25, 0.3) is 5.91 Å². The van der Waals surface area contributed by atoms with Crippen molar-refractivity contribution in [1.29, 1.82) is 0 Å². The van der Waals surface area contributed by atoms with Gasteiger partial charge in [-0.05, 0) is 76.4 Å². The van der Waals surface area contributed by atoms with E-state index in [0.717, 1.165) is 68.7 Å². The summed E-state index contributed by atoms with van der Waals surface area (Å²) >= 11 is 0. The van der Waals surface area contributed by atoms with Gasteiger partial charge in [-0.25, -0.2) is 4.39 Å². The lowest BCUT2D eigenvalue weighted by molar-refractivity contribution is 0.0788. The van der Waals surface area contributed by atoms with Crippen molar-refractivity contribution in [2.45, 2.75) is 51.5 Å². The summed E-state index contributed by atoms with van der Waals surface area (Å²) in [6.45, 7) is 8.17. The molecule has 3 heterocycles. The van der Waals surface area contributed by atoms with Crippen LogP contribution in [0.1, 0.15) is 61.5 Å². The number of rotatable bonds is 4. The average molecular weight is 468 g/mol. The Morgan fingerprint density at radius 2 is 1.65 bits per heavy atom. The van der Waals surface area contributed by atoms with Gasteiger partial charge < -0.3 is 9.80 Å². The molecule has 2 aliphatic rings. The topological polar surface area (TPSA) is 36.4 Å². The van der Waals surface area contributed by atoms with Gasteiger partial charge in [-0.2, -0.15) is 0 Å². The van der Waals surface area contributed by atoms with Crippen LogP contribution in [0.3, 0.4) is 0 Å². The van der Waals surface area contributed by atoms with Gasteiger partial charge in [-0.3, -0.25) is 9.78 Å². The van der Waals surface area contributed by atoms with Gasteiger partial charge in [0.1, 0.15) is 5.82 Å². The zero-order chi connectivity index (χ0) is 20.4. The minimum Gasteiger partial charge on any atom is -0.339 e. The first-order valence-corrected chi connectivity index (χ1v) is 10.8. The molecule has 31 heavy (non-hydrogen) atoms. The molecule has 2 fully saturated rings. The van der Waals surface area contributed by atoms with Gasteiger partial charge in [-0.15, -0.1) is 24.8 Å². The van der Waals surface area contributed by atoms with Crippen molar-refractivity contribution in [2.75, 3.05) is 26.2 Å². The molecule has 2 aliphatic heterocycles. The first kappa shape index (κ1) is 25.6. The van der Waals surface area contributed by atoms with E-state index in [1.807, 2.05) is 18.3 Å². The molecule has 1 aromatic heterocycles. The zero-order valence-electron chi connectivity index (χ0n) is 18.2. The third kappa shape index (κ3) is 5.76. The van der Waals surface area contributed by atoms with E-state index in [-0.39, 0.29) is 36.3 Å². The number of hydrogen-bond donors (Lipinski definition) is 0. The van der Waals surface area contributed by atoms with E-state index in [2.05, 4.69) is 29.8 Å². The highest BCUT2D eigenvalue weighted by molar-refractivity contribution is 5.95. The van der Waals surface area contributed by atoms with Gasteiger partial charge >= 0.3 is 0 Å². The van der Waals surface area contributed by atoms with Crippen LogP contribution in [-0.4, -0.2) is 52.9 Å². The number of piperidine rings is 1. The standard InChI is InChI=1S/C24H30FN3O.2ClH/c1-17(2)27-13-9-18(10-14-27)23-8-6-20(16-26-23)19-5-7-21(22(25)15-19)24(29)28-11-3-4-12-28;;/h5-8,15-18H,3-4,9-14H2,1-2H3;2*1H. The third-order valence-electron chi connectivity index (χ3n) is 6.39. The fraction of sp³-hybridized carbons (Fsp3) is 0.500. The van der Waals surface area contributed by atoms with Crippen LogP contribution in [0.4, 0.5) is 4.39 Å². The van der Waals surface area contributed by atoms with Crippen molar-refractivity contribution in [3.8, 4) is 11.1 Å². The van der Waals surface area contributed by atoms with Crippen molar-refractivity contribution < 1.29 is 9.18 Å². The Morgan fingerprint density at radius 1 is 1.00 bits per heavy atom. The Bertz CT molecular complexity index is 862. The molecule has 0 spiro atoms. The molecule has 0 atom stereocenters. The number of halogens is 3. The first-order valence-electron chi connectivity index (χ1n) is 10.8. The van der Waals surface area contributed by atoms with Crippen LogP contribution in [0.15, 0.2) is 36.5 Å². The second-order valence-corrected chi connectivity index (χ2v) is 8.57. The molecular formula is C24H32Cl2FN3O. The molecule has 0 bridgehead atoms. The number of carbonyl (C=O) groups is 1. The van der Waals surface area contributed by atoms with Crippen molar-refractivity contribution >= 4 is 30.7 Å². The number of amides is 1. The molecule has 1 aromatic carbocycles. The Hall–Kier alpha value is -1.69. The number of likely N-dealkylation sites (tertiary alicyclic amines) is 2. The van der Waals surface area contributed by atoms with E-state index in [4.69, 9.17) is 0 Å². The van der Waals surface area contributed by atoms with Gasteiger partial charge in [0.15, 0.2) is 0 Å². The smallest absolute Gasteiger partial charge is 0.256 e. The third-order valence-corrected chi connectivity index (χ3v) is 6.39. The highest BCUT2D eigenvalue weighted by Gasteiger charge is 2.24. The Labute approximate surface area is 197 Å². The first-order chi connectivity index (χ1) is 14.0. The molecule has 0 aliphatic carbocycles. The summed E-state index contributed by atoms with van der Waals surface area (Å²) in [7, 11) is 0. The lowest BCUT2D eigenvalue weighted by Crippen LogP contribution is -2.37. The van der Waals surface area contributed by atoms with Gasteiger partial charge in [0.05, 0.1) is 5.56 Å². The zero-order valence-corrected chi connectivity index (χ0v) is 19.9. The highest BCUT2D eigenvalue weighted by Crippen LogP contribution is 2.29. The predicted molar refractivity (Wildman–Crippen MR) is 128 cm³/mol. The quantitative estimate of drug-likeness (QED) is 0.590. The molecule has 170 valence electrons. The second-order valence-electron chi connectivity index (χ2n) is 8.57. The summed E-state index contributed by atoms with van der Waals surface area (Å²) < 4.78 is 14.6.